The third-order valence-electron chi connectivity index (χ3n) is 4.31. The lowest BCUT2D eigenvalue weighted by Gasteiger charge is -2.25. The molecule has 3 aromatic rings. The zero-order valence-electron chi connectivity index (χ0n) is 13.9. The van der Waals surface area contributed by atoms with E-state index in [2.05, 4.69) is 20.3 Å². The van der Waals surface area contributed by atoms with E-state index >= 15 is 0 Å². The van der Waals surface area contributed by atoms with E-state index in [1.807, 2.05) is 6.07 Å². The van der Waals surface area contributed by atoms with Crippen LogP contribution in [0.4, 0.5) is 4.39 Å². The lowest BCUT2D eigenvalue weighted by atomic mass is 10.1. The molecular formula is C18H18FN5OS. The van der Waals surface area contributed by atoms with Crippen LogP contribution in [0.15, 0.2) is 54.3 Å². The fourth-order valence-corrected chi connectivity index (χ4v) is 3.93. The number of hydrogen-bond donors (Lipinski definition) is 2. The molecular weight excluding hydrogens is 353 g/mol. The molecule has 134 valence electrons. The zero-order valence-corrected chi connectivity index (χ0v) is 14.7. The van der Waals surface area contributed by atoms with Gasteiger partial charge in [-0.1, -0.05) is 11.8 Å². The van der Waals surface area contributed by atoms with Gasteiger partial charge in [0.15, 0.2) is 0 Å². The second-order valence-corrected chi connectivity index (χ2v) is 7.34. The quantitative estimate of drug-likeness (QED) is 0.735. The molecule has 6 nitrogen and oxygen atoms in total. The molecule has 2 aromatic heterocycles. The van der Waals surface area contributed by atoms with Gasteiger partial charge in [-0.25, -0.2) is 14.4 Å². The Balaban J connectivity index is 1.51. The molecule has 0 amide bonds. The Morgan fingerprint density at radius 3 is 2.88 bits per heavy atom. The van der Waals surface area contributed by atoms with Crippen molar-refractivity contribution >= 4 is 11.8 Å². The third kappa shape index (κ3) is 3.56. The second kappa shape index (κ2) is 7.43. The van der Waals surface area contributed by atoms with Crippen molar-refractivity contribution in [3.05, 3.63) is 49.3 Å². The molecule has 1 aliphatic rings. The van der Waals surface area contributed by atoms with Crippen molar-refractivity contribution in [3.8, 4) is 22.7 Å². The first-order chi connectivity index (χ1) is 12.7. The fourth-order valence-electron chi connectivity index (χ4n) is 2.91. The molecule has 2 atom stereocenters. The van der Waals surface area contributed by atoms with Gasteiger partial charge < -0.3 is 15.0 Å². The minimum Gasteiger partial charge on any atom is -0.507 e. The molecule has 1 aliphatic heterocycles. The van der Waals surface area contributed by atoms with E-state index in [0.717, 1.165) is 18.7 Å². The summed E-state index contributed by atoms with van der Waals surface area (Å²) in [5, 5.41) is 14.0. The molecule has 0 saturated carbocycles. The largest absolute Gasteiger partial charge is 0.507 e. The van der Waals surface area contributed by atoms with Crippen molar-refractivity contribution in [3.63, 3.8) is 0 Å². The van der Waals surface area contributed by atoms with Crippen molar-refractivity contribution in [1.29, 1.82) is 0 Å². The topological polar surface area (TPSA) is 75.9 Å². The van der Waals surface area contributed by atoms with Gasteiger partial charge in [-0.15, -0.1) is 0 Å². The minimum atomic E-state index is -0.880. The number of aromatic nitrogens is 4. The predicted molar refractivity (Wildman–Crippen MR) is 98.3 cm³/mol. The van der Waals surface area contributed by atoms with E-state index in [1.165, 1.54) is 11.8 Å². The van der Waals surface area contributed by atoms with Gasteiger partial charge in [0.25, 0.3) is 0 Å². The van der Waals surface area contributed by atoms with E-state index < -0.39 is 6.17 Å². The van der Waals surface area contributed by atoms with Gasteiger partial charge in [-0.05, 0) is 25.1 Å². The van der Waals surface area contributed by atoms with Gasteiger partial charge in [0, 0.05) is 35.8 Å². The number of halogens is 1. The number of hydrogen-bond acceptors (Lipinski definition) is 6. The molecule has 1 fully saturated rings. The van der Waals surface area contributed by atoms with Gasteiger partial charge in [-0.2, -0.15) is 0 Å². The minimum absolute atomic E-state index is 0.0979. The number of imidazole rings is 1. The van der Waals surface area contributed by atoms with Crippen molar-refractivity contribution in [1.82, 2.24) is 24.8 Å². The first kappa shape index (κ1) is 17.0. The van der Waals surface area contributed by atoms with E-state index in [-0.39, 0.29) is 11.0 Å². The molecule has 1 aromatic carbocycles. The maximum atomic E-state index is 13.9. The Hall–Kier alpha value is -2.45. The number of rotatable bonds is 4. The third-order valence-corrected chi connectivity index (χ3v) is 5.59. The first-order valence-electron chi connectivity index (χ1n) is 8.36. The lowest BCUT2D eigenvalue weighted by Crippen LogP contribution is -2.39. The van der Waals surface area contributed by atoms with Crippen LogP contribution < -0.4 is 5.32 Å². The molecule has 0 bridgehead atoms. The Morgan fingerprint density at radius 2 is 2.19 bits per heavy atom. The monoisotopic (exact) mass is 371 g/mol. The molecule has 0 spiro atoms. The number of nitrogens with zero attached hydrogens (tertiary/aromatic N) is 4. The van der Waals surface area contributed by atoms with Gasteiger partial charge in [-0.3, -0.25) is 4.98 Å². The smallest absolute Gasteiger partial charge is 0.127 e. The summed E-state index contributed by atoms with van der Waals surface area (Å²) in [6.07, 6.45) is 8.29. The number of phenolic OH excluding ortho intramolecular Hbond substituents is 1. The maximum Gasteiger partial charge on any atom is 0.127 e. The highest BCUT2D eigenvalue weighted by molar-refractivity contribution is 7.99. The summed E-state index contributed by atoms with van der Waals surface area (Å²) in [5.41, 5.74) is 1.98. The molecule has 2 N–H and O–H groups in total. The predicted octanol–water partition coefficient (Wildman–Crippen LogP) is 2.83. The van der Waals surface area contributed by atoms with E-state index in [1.54, 1.807) is 47.8 Å². The van der Waals surface area contributed by atoms with Crippen LogP contribution in [0.2, 0.25) is 0 Å². The summed E-state index contributed by atoms with van der Waals surface area (Å²) in [6.45, 7) is 1.21. The molecule has 0 aliphatic carbocycles. The number of alkyl halides is 1. The van der Waals surface area contributed by atoms with Crippen LogP contribution in [0.5, 0.6) is 5.75 Å². The highest BCUT2D eigenvalue weighted by Crippen LogP contribution is 2.32. The summed E-state index contributed by atoms with van der Waals surface area (Å²) in [4.78, 5) is 12.8. The van der Waals surface area contributed by atoms with Gasteiger partial charge in [0.05, 0.1) is 30.1 Å². The van der Waals surface area contributed by atoms with Crippen LogP contribution in [0.1, 0.15) is 6.42 Å². The van der Waals surface area contributed by atoms with Gasteiger partial charge in [0.1, 0.15) is 16.9 Å². The standard InChI is InChI=1S/C18H18FN5OS/c19-14-8-20-4-3-17(14)26-18-10-22-15(9-23-18)13-2-1-12(7-16(13)25)24-6-5-21-11-24/h1-2,5-7,9-11,14,17,20,25H,3-4,8H2/t14-,17-/m0/s1. The van der Waals surface area contributed by atoms with Gasteiger partial charge >= 0.3 is 0 Å². The van der Waals surface area contributed by atoms with Crippen molar-refractivity contribution in [2.45, 2.75) is 22.9 Å². The Kier molecular flexibility index (Phi) is 4.85. The van der Waals surface area contributed by atoms with Crippen LogP contribution in [-0.2, 0) is 0 Å². The second-order valence-electron chi connectivity index (χ2n) is 6.08. The Bertz CT molecular complexity index is 872. The summed E-state index contributed by atoms with van der Waals surface area (Å²) < 4.78 is 15.7. The van der Waals surface area contributed by atoms with E-state index in [0.29, 0.717) is 22.8 Å². The number of piperidine rings is 1. The average molecular weight is 371 g/mol. The first-order valence-corrected chi connectivity index (χ1v) is 9.24. The average Bonchev–Trinajstić information content (AvgIpc) is 3.19. The zero-order chi connectivity index (χ0) is 17.9. The normalized spacial score (nSPS) is 20.2. The van der Waals surface area contributed by atoms with Crippen LogP contribution in [0.25, 0.3) is 16.9 Å². The molecule has 26 heavy (non-hydrogen) atoms. The number of nitrogens with one attached hydrogen (secondary N) is 1. The highest BCUT2D eigenvalue weighted by atomic mass is 32.2. The number of benzene rings is 1. The number of phenols is 1. The fraction of sp³-hybridized carbons (Fsp3) is 0.278. The van der Waals surface area contributed by atoms with Gasteiger partial charge in [0.2, 0.25) is 0 Å². The van der Waals surface area contributed by atoms with Crippen molar-refractivity contribution < 1.29 is 9.50 Å². The molecule has 0 radical (unpaired) electrons. The van der Waals surface area contributed by atoms with Crippen molar-refractivity contribution in [2.24, 2.45) is 0 Å². The summed E-state index contributed by atoms with van der Waals surface area (Å²) in [7, 11) is 0. The summed E-state index contributed by atoms with van der Waals surface area (Å²) in [6, 6.07) is 5.33. The highest BCUT2D eigenvalue weighted by Gasteiger charge is 2.26. The van der Waals surface area contributed by atoms with E-state index in [4.69, 9.17) is 0 Å². The van der Waals surface area contributed by atoms with E-state index in [9.17, 15) is 9.50 Å². The lowest BCUT2D eigenvalue weighted by molar-refractivity contribution is 0.275. The molecule has 4 rings (SSSR count). The summed E-state index contributed by atoms with van der Waals surface area (Å²) >= 11 is 1.42. The summed E-state index contributed by atoms with van der Waals surface area (Å²) in [5.74, 6) is 0.119. The van der Waals surface area contributed by atoms with Crippen molar-refractivity contribution in [2.75, 3.05) is 13.1 Å². The Morgan fingerprint density at radius 1 is 1.27 bits per heavy atom. The molecule has 8 heteroatoms. The molecule has 0 unspecified atom stereocenters. The SMILES string of the molecule is Oc1cc(-n2ccnc2)ccc1-c1cnc(S[C@H]2CCNC[C@@H]2F)cn1. The molecule has 3 heterocycles. The van der Waals surface area contributed by atoms with Crippen LogP contribution in [0.3, 0.4) is 0 Å². The van der Waals surface area contributed by atoms with Crippen LogP contribution >= 0.6 is 11.8 Å². The number of aromatic hydroxyl groups is 1. The van der Waals surface area contributed by atoms with Crippen LogP contribution in [0, 0.1) is 0 Å². The maximum absolute atomic E-state index is 13.9. The Labute approximate surface area is 154 Å². The van der Waals surface area contributed by atoms with Crippen LogP contribution in [-0.4, -0.2) is 49.1 Å². The number of thioether (sulfide) groups is 1. The molecule has 1 saturated heterocycles.